The highest BCUT2D eigenvalue weighted by atomic mass is 14.6. The van der Waals surface area contributed by atoms with Crippen molar-refractivity contribution in [3.05, 3.63) is 34.9 Å². The molecule has 0 aliphatic heterocycles. The normalized spacial score (nSPS) is 12.9. The number of hydrogen-bond donors (Lipinski definition) is 1. The first kappa shape index (κ1) is 9.33. The maximum Gasteiger partial charge on any atom is 0.0716 e. The van der Waals surface area contributed by atoms with Crippen molar-refractivity contribution >= 4 is 7.85 Å². The molecular formula is C10H14BN. The lowest BCUT2D eigenvalue weighted by atomic mass is 9.92. The summed E-state index contributed by atoms with van der Waals surface area (Å²) in [7, 11) is 5.53. The van der Waals surface area contributed by atoms with Crippen LogP contribution < -0.4 is 5.73 Å². The highest BCUT2D eigenvalue weighted by Crippen LogP contribution is 2.16. The van der Waals surface area contributed by atoms with Gasteiger partial charge in [0.15, 0.2) is 0 Å². The molecule has 1 nitrogen and oxygen atoms in total. The lowest BCUT2D eigenvalue weighted by molar-refractivity contribution is 0.808. The minimum Gasteiger partial charge on any atom is -0.324 e. The van der Waals surface area contributed by atoms with E-state index in [-0.39, 0.29) is 6.04 Å². The van der Waals surface area contributed by atoms with Crippen LogP contribution in [0.3, 0.4) is 0 Å². The number of nitrogens with two attached hydrogens (primary N) is 1. The molecule has 0 saturated heterocycles. The van der Waals surface area contributed by atoms with Gasteiger partial charge in [0.2, 0.25) is 0 Å². The van der Waals surface area contributed by atoms with E-state index in [0.29, 0.717) is 6.32 Å². The van der Waals surface area contributed by atoms with Crippen LogP contribution in [0.15, 0.2) is 18.2 Å². The minimum absolute atomic E-state index is 0.0940. The quantitative estimate of drug-likeness (QED) is 0.652. The van der Waals surface area contributed by atoms with Crippen LogP contribution in [-0.2, 0) is 6.32 Å². The fourth-order valence-corrected chi connectivity index (χ4v) is 1.31. The molecule has 0 aromatic heterocycles. The molecule has 1 aromatic rings. The van der Waals surface area contributed by atoms with Crippen molar-refractivity contribution in [2.45, 2.75) is 26.2 Å². The Hall–Kier alpha value is -0.755. The van der Waals surface area contributed by atoms with Gasteiger partial charge < -0.3 is 5.73 Å². The molecule has 2 radical (unpaired) electrons. The Morgan fingerprint density at radius 2 is 2.17 bits per heavy atom. The summed E-state index contributed by atoms with van der Waals surface area (Å²) in [6, 6.07) is 6.29. The van der Waals surface area contributed by atoms with Gasteiger partial charge in [-0.3, -0.25) is 0 Å². The van der Waals surface area contributed by atoms with Crippen molar-refractivity contribution in [2.24, 2.45) is 5.73 Å². The topological polar surface area (TPSA) is 26.0 Å². The molecule has 0 unspecified atom stereocenters. The Balaban J connectivity index is 3.08. The SMILES string of the molecule is [B]Cc1ccc(C)c([C@H](C)N)c1. The second-order valence-electron chi connectivity index (χ2n) is 3.18. The van der Waals surface area contributed by atoms with Crippen LogP contribution in [0.4, 0.5) is 0 Å². The molecule has 62 valence electrons. The van der Waals surface area contributed by atoms with Gasteiger partial charge >= 0.3 is 0 Å². The van der Waals surface area contributed by atoms with Gasteiger partial charge in [-0.2, -0.15) is 0 Å². The van der Waals surface area contributed by atoms with Crippen LogP contribution in [0.1, 0.15) is 29.7 Å². The van der Waals surface area contributed by atoms with E-state index in [0.717, 1.165) is 5.56 Å². The van der Waals surface area contributed by atoms with Crippen LogP contribution in [0, 0.1) is 6.92 Å². The smallest absolute Gasteiger partial charge is 0.0716 e. The third-order valence-electron chi connectivity index (χ3n) is 2.07. The summed E-state index contributed by atoms with van der Waals surface area (Å²) in [5.74, 6) is 0. The molecule has 0 aliphatic rings. The molecule has 12 heavy (non-hydrogen) atoms. The Morgan fingerprint density at radius 1 is 1.50 bits per heavy atom. The Kier molecular flexibility index (Phi) is 2.93. The van der Waals surface area contributed by atoms with Crippen LogP contribution in [0.2, 0.25) is 0 Å². The average Bonchev–Trinajstić information content (AvgIpc) is 2.05. The van der Waals surface area contributed by atoms with E-state index in [4.69, 9.17) is 13.6 Å². The summed E-state index contributed by atoms with van der Waals surface area (Å²) in [6.45, 7) is 4.06. The largest absolute Gasteiger partial charge is 0.324 e. The summed E-state index contributed by atoms with van der Waals surface area (Å²) in [5, 5.41) is 0. The molecule has 0 heterocycles. The number of aryl methyl sites for hydroxylation is 1. The van der Waals surface area contributed by atoms with Gasteiger partial charge in [0, 0.05) is 6.04 Å². The molecule has 0 spiro atoms. The minimum atomic E-state index is 0.0940. The highest BCUT2D eigenvalue weighted by molar-refractivity contribution is 6.08. The van der Waals surface area contributed by atoms with E-state index in [1.807, 2.05) is 13.0 Å². The monoisotopic (exact) mass is 159 g/mol. The summed E-state index contributed by atoms with van der Waals surface area (Å²) in [5.41, 5.74) is 9.37. The standard InChI is InChI=1S/C10H14BN/c1-7-3-4-9(6-11)5-10(7)8(2)12/h3-5,8H,6,12H2,1-2H3/t8-/m0/s1. The van der Waals surface area contributed by atoms with Gasteiger partial charge in [0.25, 0.3) is 0 Å². The van der Waals surface area contributed by atoms with Crippen molar-refractivity contribution in [1.29, 1.82) is 0 Å². The molecule has 1 rings (SSSR count). The van der Waals surface area contributed by atoms with E-state index in [1.54, 1.807) is 0 Å². The van der Waals surface area contributed by atoms with Gasteiger partial charge in [-0.05, 0) is 25.0 Å². The molecule has 2 N–H and O–H groups in total. The highest BCUT2D eigenvalue weighted by Gasteiger charge is 2.03. The molecule has 2 heteroatoms. The number of benzene rings is 1. The molecule has 0 fully saturated rings. The van der Waals surface area contributed by atoms with Crippen molar-refractivity contribution in [3.63, 3.8) is 0 Å². The third kappa shape index (κ3) is 1.89. The van der Waals surface area contributed by atoms with E-state index >= 15 is 0 Å². The van der Waals surface area contributed by atoms with Crippen molar-refractivity contribution < 1.29 is 0 Å². The molecule has 0 saturated carbocycles. The maximum absolute atomic E-state index is 5.80. The van der Waals surface area contributed by atoms with Gasteiger partial charge in [0.1, 0.15) is 0 Å². The molecular weight excluding hydrogens is 145 g/mol. The molecule has 0 bridgehead atoms. The fraction of sp³-hybridized carbons (Fsp3) is 0.400. The van der Waals surface area contributed by atoms with E-state index in [2.05, 4.69) is 19.1 Å². The second kappa shape index (κ2) is 3.77. The molecule has 1 atom stereocenters. The van der Waals surface area contributed by atoms with E-state index < -0.39 is 0 Å². The number of rotatable bonds is 2. The first-order chi connectivity index (χ1) is 5.65. The van der Waals surface area contributed by atoms with Crippen molar-refractivity contribution in [3.8, 4) is 0 Å². The lowest BCUT2D eigenvalue weighted by Gasteiger charge is -2.10. The summed E-state index contributed by atoms with van der Waals surface area (Å²) in [4.78, 5) is 0. The molecule has 0 aliphatic carbocycles. The van der Waals surface area contributed by atoms with Crippen LogP contribution in [0.25, 0.3) is 0 Å². The Morgan fingerprint density at radius 3 is 2.67 bits per heavy atom. The predicted octanol–water partition coefficient (Wildman–Crippen LogP) is 1.68. The fourth-order valence-electron chi connectivity index (χ4n) is 1.31. The Labute approximate surface area is 75.4 Å². The average molecular weight is 159 g/mol. The first-order valence-electron chi connectivity index (χ1n) is 4.20. The maximum atomic E-state index is 5.80. The predicted molar refractivity (Wildman–Crippen MR) is 53.2 cm³/mol. The zero-order valence-corrected chi connectivity index (χ0v) is 7.67. The van der Waals surface area contributed by atoms with E-state index in [1.165, 1.54) is 11.1 Å². The number of hydrogen-bond acceptors (Lipinski definition) is 1. The zero-order chi connectivity index (χ0) is 9.14. The van der Waals surface area contributed by atoms with Crippen molar-refractivity contribution in [1.82, 2.24) is 0 Å². The lowest BCUT2D eigenvalue weighted by Crippen LogP contribution is -2.07. The van der Waals surface area contributed by atoms with Gasteiger partial charge in [0.05, 0.1) is 7.85 Å². The van der Waals surface area contributed by atoms with E-state index in [9.17, 15) is 0 Å². The molecule has 1 aromatic carbocycles. The first-order valence-corrected chi connectivity index (χ1v) is 4.20. The summed E-state index contributed by atoms with van der Waals surface area (Å²) < 4.78 is 0. The molecule has 0 amide bonds. The van der Waals surface area contributed by atoms with Gasteiger partial charge in [-0.25, -0.2) is 0 Å². The second-order valence-corrected chi connectivity index (χ2v) is 3.18. The van der Waals surface area contributed by atoms with Crippen LogP contribution in [0.5, 0.6) is 0 Å². The zero-order valence-electron chi connectivity index (χ0n) is 7.67. The summed E-state index contributed by atoms with van der Waals surface area (Å²) in [6.07, 6.45) is 0.583. The van der Waals surface area contributed by atoms with Crippen molar-refractivity contribution in [2.75, 3.05) is 0 Å². The van der Waals surface area contributed by atoms with Crippen LogP contribution >= 0.6 is 0 Å². The van der Waals surface area contributed by atoms with Crippen LogP contribution in [-0.4, -0.2) is 7.85 Å². The Bertz CT molecular complexity index is 269. The third-order valence-corrected chi connectivity index (χ3v) is 2.07. The summed E-state index contributed by atoms with van der Waals surface area (Å²) >= 11 is 0. The van der Waals surface area contributed by atoms with Gasteiger partial charge in [-0.1, -0.05) is 30.1 Å². The van der Waals surface area contributed by atoms with Gasteiger partial charge in [-0.15, -0.1) is 0 Å².